The van der Waals surface area contributed by atoms with Gasteiger partial charge in [0.15, 0.2) is 0 Å². The van der Waals surface area contributed by atoms with Crippen molar-refractivity contribution in [2.24, 2.45) is 0 Å². The minimum atomic E-state index is -1.24. The maximum absolute atomic E-state index is 10.5. The van der Waals surface area contributed by atoms with Crippen molar-refractivity contribution in [2.45, 2.75) is 19.9 Å². The molecule has 0 aliphatic rings. The molecule has 1 aromatic rings. The fraction of sp³-hybridized carbons (Fsp3) is 0.300. The number of nitrogens with one attached hydrogen (secondary N) is 1. The number of amides is 1. The summed E-state index contributed by atoms with van der Waals surface area (Å²) in [4.78, 5) is 10.5. The van der Waals surface area contributed by atoms with Crippen molar-refractivity contribution in [1.82, 2.24) is 5.32 Å². The lowest BCUT2D eigenvalue weighted by Gasteiger charge is -2.11. The van der Waals surface area contributed by atoms with Gasteiger partial charge in [0.25, 0.3) is 0 Å². The monoisotopic (exact) mass is 195 g/mol. The normalized spacial score (nSPS) is 12.1. The molecule has 1 atom stereocenters. The van der Waals surface area contributed by atoms with Gasteiger partial charge in [0.2, 0.25) is 12.3 Å². The first-order valence-corrected chi connectivity index (χ1v) is 4.29. The smallest absolute Gasteiger partial charge is 0.237 e. The molecule has 0 saturated carbocycles. The molecule has 14 heavy (non-hydrogen) atoms. The fourth-order valence-corrected chi connectivity index (χ4v) is 0.965. The maximum atomic E-state index is 10.5. The third kappa shape index (κ3) is 4.02. The van der Waals surface area contributed by atoms with Crippen molar-refractivity contribution >= 4 is 5.91 Å². The van der Waals surface area contributed by atoms with Crippen molar-refractivity contribution in [3.8, 4) is 0 Å². The Bertz CT molecular complexity index is 287. The van der Waals surface area contributed by atoms with Crippen LogP contribution in [0.1, 0.15) is 12.5 Å². The van der Waals surface area contributed by atoms with E-state index < -0.39 is 6.41 Å². The predicted molar refractivity (Wildman–Crippen MR) is 51.1 cm³/mol. The maximum Gasteiger partial charge on any atom is 0.237 e. The highest BCUT2D eigenvalue weighted by Gasteiger charge is 2.04. The zero-order valence-corrected chi connectivity index (χ0v) is 7.93. The SMILES string of the molecule is CC(=O)NC(O)OCc1ccccc1. The summed E-state index contributed by atoms with van der Waals surface area (Å²) in [6, 6.07) is 9.40. The van der Waals surface area contributed by atoms with Gasteiger partial charge in [-0.15, -0.1) is 0 Å². The van der Waals surface area contributed by atoms with Crippen LogP contribution in [0.2, 0.25) is 0 Å². The molecule has 0 heterocycles. The zero-order valence-electron chi connectivity index (χ0n) is 7.93. The molecule has 0 saturated heterocycles. The number of hydrogen-bond donors (Lipinski definition) is 2. The van der Waals surface area contributed by atoms with E-state index in [1.807, 2.05) is 30.3 Å². The number of benzene rings is 1. The lowest BCUT2D eigenvalue weighted by Crippen LogP contribution is -2.34. The quantitative estimate of drug-likeness (QED) is 0.692. The van der Waals surface area contributed by atoms with Gasteiger partial charge in [0, 0.05) is 6.92 Å². The largest absolute Gasteiger partial charge is 0.351 e. The summed E-state index contributed by atoms with van der Waals surface area (Å²) < 4.78 is 4.96. The molecule has 0 aromatic heterocycles. The number of carbonyl (C=O) groups excluding carboxylic acids is 1. The highest BCUT2D eigenvalue weighted by Crippen LogP contribution is 2.00. The Hall–Kier alpha value is -1.39. The first-order chi connectivity index (χ1) is 6.68. The minimum absolute atomic E-state index is 0.266. The van der Waals surface area contributed by atoms with Crippen LogP contribution in [-0.2, 0) is 16.1 Å². The fourth-order valence-electron chi connectivity index (χ4n) is 0.965. The van der Waals surface area contributed by atoms with Gasteiger partial charge in [-0.2, -0.15) is 0 Å². The average molecular weight is 195 g/mol. The van der Waals surface area contributed by atoms with Crippen LogP contribution in [0.15, 0.2) is 30.3 Å². The highest BCUT2D eigenvalue weighted by molar-refractivity contribution is 5.72. The van der Waals surface area contributed by atoms with Gasteiger partial charge in [-0.25, -0.2) is 0 Å². The van der Waals surface area contributed by atoms with Crippen LogP contribution in [-0.4, -0.2) is 17.4 Å². The Morgan fingerprint density at radius 2 is 2.14 bits per heavy atom. The van der Waals surface area contributed by atoms with Crippen LogP contribution in [0.4, 0.5) is 0 Å². The molecule has 0 fully saturated rings. The molecule has 2 N–H and O–H groups in total. The average Bonchev–Trinajstić information content (AvgIpc) is 2.15. The molecule has 0 aliphatic heterocycles. The van der Waals surface area contributed by atoms with E-state index in [1.54, 1.807) is 0 Å². The Balaban J connectivity index is 2.30. The van der Waals surface area contributed by atoms with Crippen molar-refractivity contribution in [3.63, 3.8) is 0 Å². The Morgan fingerprint density at radius 3 is 2.71 bits per heavy atom. The van der Waals surface area contributed by atoms with E-state index in [0.717, 1.165) is 5.56 Å². The van der Waals surface area contributed by atoms with Crippen LogP contribution in [0.3, 0.4) is 0 Å². The number of ether oxygens (including phenoxy) is 1. The number of hydrogen-bond acceptors (Lipinski definition) is 3. The third-order valence-electron chi connectivity index (χ3n) is 1.58. The molecule has 1 unspecified atom stereocenters. The zero-order chi connectivity index (χ0) is 10.4. The second kappa shape index (κ2) is 5.36. The van der Waals surface area contributed by atoms with E-state index >= 15 is 0 Å². The Morgan fingerprint density at radius 1 is 1.50 bits per heavy atom. The van der Waals surface area contributed by atoms with Gasteiger partial charge in [-0.1, -0.05) is 30.3 Å². The molecule has 1 aromatic carbocycles. The van der Waals surface area contributed by atoms with Crippen molar-refractivity contribution in [1.29, 1.82) is 0 Å². The second-order valence-electron chi connectivity index (χ2n) is 2.85. The van der Waals surface area contributed by atoms with Crippen molar-refractivity contribution in [3.05, 3.63) is 35.9 Å². The molecule has 1 rings (SSSR count). The van der Waals surface area contributed by atoms with E-state index in [9.17, 15) is 4.79 Å². The lowest BCUT2D eigenvalue weighted by molar-refractivity contribution is -0.149. The first kappa shape index (κ1) is 10.7. The molecular weight excluding hydrogens is 182 g/mol. The van der Waals surface area contributed by atoms with Crippen molar-refractivity contribution < 1.29 is 14.6 Å². The number of aliphatic hydroxyl groups is 1. The summed E-state index contributed by atoms with van der Waals surface area (Å²) in [5, 5.41) is 11.3. The molecule has 0 spiro atoms. The summed E-state index contributed by atoms with van der Waals surface area (Å²) in [5.74, 6) is -0.328. The van der Waals surface area contributed by atoms with Gasteiger partial charge in [-0.3, -0.25) is 4.79 Å². The van der Waals surface area contributed by atoms with Gasteiger partial charge in [-0.05, 0) is 5.56 Å². The Kier molecular flexibility index (Phi) is 4.10. The lowest BCUT2D eigenvalue weighted by atomic mass is 10.2. The van der Waals surface area contributed by atoms with Gasteiger partial charge >= 0.3 is 0 Å². The molecule has 4 nitrogen and oxygen atoms in total. The number of carbonyl (C=O) groups is 1. The number of aliphatic hydroxyl groups excluding tert-OH is 1. The van der Waals surface area contributed by atoms with Crippen LogP contribution in [0, 0.1) is 0 Å². The van der Waals surface area contributed by atoms with Crippen LogP contribution >= 0.6 is 0 Å². The molecular formula is C10H13NO3. The van der Waals surface area contributed by atoms with E-state index in [2.05, 4.69) is 5.32 Å². The summed E-state index contributed by atoms with van der Waals surface area (Å²) in [7, 11) is 0. The highest BCUT2D eigenvalue weighted by atomic mass is 16.6. The molecule has 4 heteroatoms. The van der Waals surface area contributed by atoms with E-state index in [4.69, 9.17) is 9.84 Å². The molecule has 0 radical (unpaired) electrons. The molecule has 76 valence electrons. The van der Waals surface area contributed by atoms with Crippen LogP contribution in [0.5, 0.6) is 0 Å². The number of rotatable bonds is 4. The topological polar surface area (TPSA) is 58.6 Å². The molecule has 0 aliphatic carbocycles. The predicted octanol–water partition coefficient (Wildman–Crippen LogP) is 0.615. The summed E-state index contributed by atoms with van der Waals surface area (Å²) in [6.45, 7) is 1.58. The Labute approximate surface area is 82.5 Å². The second-order valence-corrected chi connectivity index (χ2v) is 2.85. The van der Waals surface area contributed by atoms with Crippen LogP contribution in [0.25, 0.3) is 0 Å². The van der Waals surface area contributed by atoms with E-state index in [1.165, 1.54) is 6.92 Å². The van der Waals surface area contributed by atoms with Gasteiger partial charge in [0.05, 0.1) is 6.61 Å². The van der Waals surface area contributed by atoms with E-state index in [-0.39, 0.29) is 12.5 Å². The van der Waals surface area contributed by atoms with Crippen LogP contribution < -0.4 is 5.32 Å². The third-order valence-corrected chi connectivity index (χ3v) is 1.58. The summed E-state index contributed by atoms with van der Waals surface area (Å²) in [5.41, 5.74) is 0.942. The standard InChI is InChI=1S/C10H13NO3/c1-8(12)11-10(13)14-7-9-5-3-2-4-6-9/h2-6,10,13H,7H2,1H3,(H,11,12). The molecule has 0 bridgehead atoms. The van der Waals surface area contributed by atoms with Crippen molar-refractivity contribution in [2.75, 3.05) is 0 Å². The van der Waals surface area contributed by atoms with E-state index in [0.29, 0.717) is 0 Å². The van der Waals surface area contributed by atoms with Gasteiger partial charge < -0.3 is 15.2 Å². The first-order valence-electron chi connectivity index (χ1n) is 4.29. The minimum Gasteiger partial charge on any atom is -0.351 e. The summed E-state index contributed by atoms with van der Waals surface area (Å²) >= 11 is 0. The summed E-state index contributed by atoms with van der Waals surface area (Å²) in [6.07, 6.45) is -1.24. The molecule has 1 amide bonds. The van der Waals surface area contributed by atoms with Gasteiger partial charge in [0.1, 0.15) is 0 Å².